The van der Waals surface area contributed by atoms with Crippen LogP contribution in [0.5, 0.6) is 0 Å². The van der Waals surface area contributed by atoms with Gasteiger partial charge in [0.15, 0.2) is 5.76 Å². The van der Waals surface area contributed by atoms with E-state index in [1.165, 1.54) is 0 Å². The number of hydrogen-bond acceptors (Lipinski definition) is 4. The molecule has 5 heteroatoms. The van der Waals surface area contributed by atoms with Gasteiger partial charge in [-0.3, -0.25) is 9.69 Å². The number of aliphatic hydroxyl groups excluding tert-OH is 1. The Kier molecular flexibility index (Phi) is 4.79. The SMILES string of the molecule is Cc1ccc(C(=O)N2CCN(C[C@H](O)c3ccccc3)CC2)o1. The molecule has 1 atom stereocenters. The van der Waals surface area contributed by atoms with E-state index in [1.807, 2.05) is 42.2 Å². The summed E-state index contributed by atoms with van der Waals surface area (Å²) in [5.74, 6) is 1.10. The third-order valence-electron chi connectivity index (χ3n) is 4.23. The van der Waals surface area contributed by atoms with Crippen LogP contribution in [0.4, 0.5) is 0 Å². The van der Waals surface area contributed by atoms with Crippen LogP contribution < -0.4 is 0 Å². The van der Waals surface area contributed by atoms with Gasteiger partial charge in [-0.1, -0.05) is 30.3 Å². The van der Waals surface area contributed by atoms with Crippen LogP contribution in [0.3, 0.4) is 0 Å². The van der Waals surface area contributed by atoms with E-state index in [4.69, 9.17) is 4.42 Å². The molecule has 0 bridgehead atoms. The first-order valence-electron chi connectivity index (χ1n) is 7.94. The predicted molar refractivity (Wildman–Crippen MR) is 87.2 cm³/mol. The second-order valence-electron chi connectivity index (χ2n) is 5.93. The zero-order valence-corrected chi connectivity index (χ0v) is 13.3. The highest BCUT2D eigenvalue weighted by Gasteiger charge is 2.25. The molecule has 1 aliphatic rings. The van der Waals surface area contributed by atoms with Crippen molar-refractivity contribution in [2.24, 2.45) is 0 Å². The van der Waals surface area contributed by atoms with Crippen LogP contribution in [0.2, 0.25) is 0 Å². The zero-order valence-electron chi connectivity index (χ0n) is 13.3. The maximum Gasteiger partial charge on any atom is 0.289 e. The Morgan fingerprint density at radius 2 is 1.83 bits per heavy atom. The number of piperazine rings is 1. The molecule has 3 rings (SSSR count). The van der Waals surface area contributed by atoms with E-state index in [0.29, 0.717) is 25.4 Å². The lowest BCUT2D eigenvalue weighted by Gasteiger charge is -2.35. The number of amides is 1. The lowest BCUT2D eigenvalue weighted by molar-refractivity contribution is 0.0502. The van der Waals surface area contributed by atoms with Crippen molar-refractivity contribution in [2.45, 2.75) is 13.0 Å². The number of rotatable bonds is 4. The number of furan rings is 1. The van der Waals surface area contributed by atoms with Gasteiger partial charge in [0.25, 0.3) is 5.91 Å². The monoisotopic (exact) mass is 314 g/mol. The Morgan fingerprint density at radius 3 is 2.43 bits per heavy atom. The van der Waals surface area contributed by atoms with Crippen LogP contribution in [0.25, 0.3) is 0 Å². The molecular formula is C18H22N2O3. The third-order valence-corrected chi connectivity index (χ3v) is 4.23. The molecule has 2 heterocycles. The van der Waals surface area contributed by atoms with E-state index in [2.05, 4.69) is 4.90 Å². The van der Waals surface area contributed by atoms with Gasteiger partial charge in [0, 0.05) is 32.7 Å². The molecular weight excluding hydrogens is 292 g/mol. The molecule has 122 valence electrons. The fourth-order valence-electron chi connectivity index (χ4n) is 2.86. The molecule has 23 heavy (non-hydrogen) atoms. The van der Waals surface area contributed by atoms with Crippen LogP contribution in [-0.4, -0.2) is 53.5 Å². The highest BCUT2D eigenvalue weighted by atomic mass is 16.3. The van der Waals surface area contributed by atoms with Crippen molar-refractivity contribution in [1.82, 2.24) is 9.80 Å². The van der Waals surface area contributed by atoms with Crippen molar-refractivity contribution in [2.75, 3.05) is 32.7 Å². The van der Waals surface area contributed by atoms with E-state index in [1.54, 1.807) is 12.1 Å². The summed E-state index contributed by atoms with van der Waals surface area (Å²) in [6.45, 7) is 5.25. The molecule has 0 unspecified atom stereocenters. The van der Waals surface area contributed by atoms with Gasteiger partial charge in [0.1, 0.15) is 5.76 Å². The summed E-state index contributed by atoms with van der Waals surface area (Å²) in [4.78, 5) is 16.3. The number of carbonyl (C=O) groups is 1. The van der Waals surface area contributed by atoms with Crippen molar-refractivity contribution >= 4 is 5.91 Å². The van der Waals surface area contributed by atoms with Gasteiger partial charge in [-0.15, -0.1) is 0 Å². The zero-order chi connectivity index (χ0) is 16.2. The Labute approximate surface area is 136 Å². The molecule has 2 aromatic rings. The highest BCUT2D eigenvalue weighted by Crippen LogP contribution is 2.16. The molecule has 0 radical (unpaired) electrons. The summed E-state index contributed by atoms with van der Waals surface area (Å²) in [6.07, 6.45) is -0.494. The molecule has 1 fully saturated rings. The molecule has 1 aromatic heterocycles. The van der Waals surface area contributed by atoms with Crippen molar-refractivity contribution in [3.63, 3.8) is 0 Å². The Morgan fingerprint density at radius 1 is 1.13 bits per heavy atom. The largest absolute Gasteiger partial charge is 0.456 e. The normalized spacial score (nSPS) is 17.2. The summed E-state index contributed by atoms with van der Waals surface area (Å²) in [7, 11) is 0. The average molecular weight is 314 g/mol. The lowest BCUT2D eigenvalue weighted by Crippen LogP contribution is -2.49. The molecule has 1 aliphatic heterocycles. The van der Waals surface area contributed by atoms with E-state index in [9.17, 15) is 9.90 Å². The Hall–Kier alpha value is -2.11. The minimum Gasteiger partial charge on any atom is -0.456 e. The molecule has 0 aliphatic carbocycles. The molecule has 1 amide bonds. The second-order valence-corrected chi connectivity index (χ2v) is 5.93. The number of nitrogens with zero attached hydrogens (tertiary/aromatic N) is 2. The Balaban J connectivity index is 1.51. The molecule has 5 nitrogen and oxygen atoms in total. The number of β-amino-alcohol motifs (C(OH)–C–C–N with tert-alkyl or cyclic N) is 1. The van der Waals surface area contributed by atoms with E-state index < -0.39 is 6.10 Å². The van der Waals surface area contributed by atoms with Crippen molar-refractivity contribution in [1.29, 1.82) is 0 Å². The number of aliphatic hydroxyl groups is 1. The lowest BCUT2D eigenvalue weighted by atomic mass is 10.1. The Bertz CT molecular complexity index is 645. The molecule has 0 saturated carbocycles. The summed E-state index contributed by atoms with van der Waals surface area (Å²) in [5, 5.41) is 10.3. The maximum absolute atomic E-state index is 12.3. The van der Waals surface area contributed by atoms with Gasteiger partial charge in [-0.2, -0.15) is 0 Å². The fourth-order valence-corrected chi connectivity index (χ4v) is 2.86. The molecule has 0 spiro atoms. The third kappa shape index (κ3) is 3.81. The van der Waals surface area contributed by atoms with Crippen LogP contribution in [0, 0.1) is 6.92 Å². The highest BCUT2D eigenvalue weighted by molar-refractivity contribution is 5.91. The predicted octanol–water partition coefficient (Wildman–Crippen LogP) is 2.08. The second kappa shape index (κ2) is 6.98. The van der Waals surface area contributed by atoms with Crippen LogP contribution in [-0.2, 0) is 0 Å². The van der Waals surface area contributed by atoms with E-state index >= 15 is 0 Å². The van der Waals surface area contributed by atoms with E-state index in [-0.39, 0.29) is 5.91 Å². The summed E-state index contributed by atoms with van der Waals surface area (Å²) < 4.78 is 5.40. The van der Waals surface area contributed by atoms with Gasteiger partial charge >= 0.3 is 0 Å². The number of benzene rings is 1. The smallest absolute Gasteiger partial charge is 0.289 e. The standard InChI is InChI=1S/C18H22N2O3/c1-14-7-8-17(23-14)18(22)20-11-9-19(10-12-20)13-16(21)15-5-3-2-4-6-15/h2-8,16,21H,9-13H2,1H3/t16-/m0/s1. The van der Waals surface area contributed by atoms with E-state index in [0.717, 1.165) is 24.4 Å². The summed E-state index contributed by atoms with van der Waals surface area (Å²) in [5.41, 5.74) is 0.928. The van der Waals surface area contributed by atoms with Gasteiger partial charge in [-0.25, -0.2) is 0 Å². The molecule has 1 N–H and O–H groups in total. The van der Waals surface area contributed by atoms with Crippen LogP contribution >= 0.6 is 0 Å². The van der Waals surface area contributed by atoms with Crippen LogP contribution in [0.15, 0.2) is 46.9 Å². The van der Waals surface area contributed by atoms with Gasteiger partial charge in [0.2, 0.25) is 0 Å². The van der Waals surface area contributed by atoms with Crippen molar-refractivity contribution in [3.05, 3.63) is 59.5 Å². The maximum atomic E-state index is 12.3. The van der Waals surface area contributed by atoms with Gasteiger partial charge in [-0.05, 0) is 24.6 Å². The number of aryl methyl sites for hydroxylation is 1. The number of carbonyl (C=O) groups excluding carboxylic acids is 1. The minimum atomic E-state index is -0.494. The minimum absolute atomic E-state index is 0.0543. The topological polar surface area (TPSA) is 56.9 Å². The average Bonchev–Trinajstić information content (AvgIpc) is 3.02. The number of hydrogen-bond donors (Lipinski definition) is 1. The molecule has 1 aromatic carbocycles. The van der Waals surface area contributed by atoms with Crippen molar-refractivity contribution in [3.8, 4) is 0 Å². The quantitative estimate of drug-likeness (QED) is 0.939. The first kappa shape index (κ1) is 15.8. The van der Waals surface area contributed by atoms with Gasteiger partial charge in [0.05, 0.1) is 6.10 Å². The first-order valence-corrected chi connectivity index (χ1v) is 7.94. The van der Waals surface area contributed by atoms with Gasteiger partial charge < -0.3 is 14.4 Å². The van der Waals surface area contributed by atoms with Crippen molar-refractivity contribution < 1.29 is 14.3 Å². The summed E-state index contributed by atoms with van der Waals surface area (Å²) >= 11 is 0. The van der Waals surface area contributed by atoms with Crippen LogP contribution in [0.1, 0.15) is 28.0 Å². The molecule has 1 saturated heterocycles. The summed E-state index contributed by atoms with van der Waals surface area (Å²) in [6, 6.07) is 13.2. The fraction of sp³-hybridized carbons (Fsp3) is 0.389. The first-order chi connectivity index (χ1) is 11.1.